The summed E-state index contributed by atoms with van der Waals surface area (Å²) >= 11 is 0. The Morgan fingerprint density at radius 3 is 1.21 bits per heavy atom. The lowest BCUT2D eigenvalue weighted by atomic mass is 10.1. The van der Waals surface area contributed by atoms with Crippen molar-refractivity contribution in [3.63, 3.8) is 0 Å². The lowest BCUT2D eigenvalue weighted by Crippen LogP contribution is -2.65. The van der Waals surface area contributed by atoms with Crippen LogP contribution in [0.5, 0.6) is 0 Å². The first-order valence-corrected chi connectivity index (χ1v) is 12.5. The van der Waals surface area contributed by atoms with Crippen LogP contribution in [0.3, 0.4) is 0 Å². The first kappa shape index (κ1) is 32.8. The first-order chi connectivity index (χ1) is 19.9. The number of nitrogens with one attached hydrogen (secondary N) is 4. The molecule has 18 heteroatoms. The lowest BCUT2D eigenvalue weighted by molar-refractivity contribution is -0.162. The second-order valence-corrected chi connectivity index (χ2v) is 8.66. The number of carbonyl (C=O) groups is 10. The molecule has 0 aliphatic carbocycles. The molecule has 0 unspecified atom stereocenters. The third kappa shape index (κ3) is 9.35. The Kier molecular flexibility index (Phi) is 12.0. The molecule has 4 N–H and O–H groups in total. The Hall–Kier alpha value is -5.42. The number of hydroxylamine groups is 2. The average Bonchev–Trinajstić information content (AvgIpc) is 3.42. The Morgan fingerprint density at radius 1 is 0.619 bits per heavy atom. The number of imide groups is 2. The van der Waals surface area contributed by atoms with E-state index in [4.69, 9.17) is 0 Å². The summed E-state index contributed by atoms with van der Waals surface area (Å²) in [5.74, 6) is -10.3. The minimum absolute atomic E-state index is 0.122. The smallest absolute Gasteiger partial charge is 0.332 e. The van der Waals surface area contributed by atoms with Crippen LogP contribution in [0.25, 0.3) is 0 Å². The molecule has 0 aromatic rings. The van der Waals surface area contributed by atoms with Gasteiger partial charge in [-0.3, -0.25) is 48.2 Å². The van der Waals surface area contributed by atoms with E-state index in [1.54, 1.807) is 24.8 Å². The quantitative estimate of drug-likeness (QED) is 0.121. The number of nitrogens with zero attached hydrogens (tertiary/aromatic N) is 2. The predicted octanol–water partition coefficient (Wildman–Crippen LogP) is -3.44. The van der Waals surface area contributed by atoms with Gasteiger partial charge in [0.05, 0.1) is 0 Å². The number of hydrogen-bond donors (Lipinski definition) is 4. The van der Waals surface area contributed by atoms with Crippen molar-refractivity contribution in [2.24, 2.45) is 0 Å². The van der Waals surface area contributed by atoms with Gasteiger partial charge in [0.15, 0.2) is 0 Å². The van der Waals surface area contributed by atoms with Crippen LogP contribution in [0.2, 0.25) is 0 Å². The Labute approximate surface area is 237 Å². The van der Waals surface area contributed by atoms with E-state index in [0.717, 1.165) is 24.3 Å². The van der Waals surface area contributed by atoms with Crippen molar-refractivity contribution in [2.45, 2.75) is 51.6 Å². The molecule has 2 rings (SSSR count). The molecule has 0 saturated carbocycles. The molecular formula is C24H28N6O12. The van der Waals surface area contributed by atoms with Crippen LogP contribution in [0.1, 0.15) is 39.5 Å². The van der Waals surface area contributed by atoms with E-state index in [1.165, 1.54) is 0 Å². The Morgan fingerprint density at radius 2 is 0.929 bits per heavy atom. The minimum atomic E-state index is -2.13. The van der Waals surface area contributed by atoms with Crippen molar-refractivity contribution in [2.75, 3.05) is 13.1 Å². The maximum atomic E-state index is 13.0. The van der Waals surface area contributed by atoms with Crippen LogP contribution in [0.4, 0.5) is 0 Å². The van der Waals surface area contributed by atoms with Gasteiger partial charge in [-0.05, 0) is 12.8 Å². The van der Waals surface area contributed by atoms with E-state index < -0.39 is 84.4 Å². The zero-order valence-corrected chi connectivity index (χ0v) is 22.5. The summed E-state index contributed by atoms with van der Waals surface area (Å²) in [6.45, 7) is 1.45. The van der Waals surface area contributed by atoms with Crippen molar-refractivity contribution in [3.05, 3.63) is 24.3 Å². The monoisotopic (exact) mass is 592 g/mol. The Bertz CT molecular complexity index is 1110. The molecule has 0 spiro atoms. The van der Waals surface area contributed by atoms with Crippen LogP contribution in [-0.4, -0.2) is 94.2 Å². The van der Waals surface area contributed by atoms with Crippen LogP contribution in [0.15, 0.2) is 24.3 Å². The molecule has 2 atom stereocenters. The van der Waals surface area contributed by atoms with Crippen molar-refractivity contribution in [1.29, 1.82) is 0 Å². The van der Waals surface area contributed by atoms with E-state index in [0.29, 0.717) is 22.6 Å². The third-order valence-electron chi connectivity index (χ3n) is 5.37. The van der Waals surface area contributed by atoms with Gasteiger partial charge < -0.3 is 20.3 Å². The number of amides is 8. The fourth-order valence-corrected chi connectivity index (χ4v) is 3.35. The largest absolute Gasteiger partial charge is 0.341 e. The maximum absolute atomic E-state index is 13.0. The Balaban J connectivity index is 2.33. The minimum Gasteiger partial charge on any atom is -0.341 e. The summed E-state index contributed by atoms with van der Waals surface area (Å²) in [6.07, 6.45) is 4.01. The van der Waals surface area contributed by atoms with Crippen LogP contribution in [0, 0.1) is 0 Å². The van der Waals surface area contributed by atoms with Gasteiger partial charge in [0, 0.05) is 37.1 Å². The molecule has 0 bridgehead atoms. The predicted molar refractivity (Wildman–Crippen MR) is 134 cm³/mol. The summed E-state index contributed by atoms with van der Waals surface area (Å²) in [4.78, 5) is 133. The number of rotatable bonds is 13. The molecule has 2 aliphatic heterocycles. The number of carbonyl (C=O) groups excluding carboxylic acids is 10. The summed E-state index contributed by atoms with van der Waals surface area (Å²) in [7, 11) is 0. The van der Waals surface area contributed by atoms with Gasteiger partial charge in [-0.1, -0.05) is 13.8 Å². The van der Waals surface area contributed by atoms with Crippen LogP contribution < -0.4 is 21.6 Å². The fourth-order valence-electron chi connectivity index (χ4n) is 3.35. The molecule has 0 aromatic heterocycles. The van der Waals surface area contributed by atoms with Gasteiger partial charge in [-0.25, -0.2) is 9.59 Å². The average molecular weight is 593 g/mol. The van der Waals surface area contributed by atoms with Crippen molar-refractivity contribution in [3.8, 4) is 0 Å². The number of hydrogen-bond acceptors (Lipinski definition) is 12. The highest BCUT2D eigenvalue weighted by molar-refractivity contribution is 6.15. The molecule has 0 fully saturated rings. The van der Waals surface area contributed by atoms with Gasteiger partial charge in [0.1, 0.15) is 25.2 Å². The van der Waals surface area contributed by atoms with Crippen molar-refractivity contribution in [1.82, 2.24) is 31.4 Å². The molecule has 0 saturated heterocycles. The van der Waals surface area contributed by atoms with Crippen LogP contribution >= 0.6 is 0 Å². The van der Waals surface area contributed by atoms with Gasteiger partial charge in [0.2, 0.25) is 11.8 Å². The molecule has 0 aromatic carbocycles. The standard InChI is InChI=1S/C24H28N6O12/c1-3-5-19(37)41-27-23(39)21(25-13(31)11-29-15(33)7-8-16(29)34)22(24(40)28-42-20(38)6-4-2)26-14(32)12-30-17(35)9-10-18(30)36/h7-10,21-22H,3-6,11-12H2,1-2H3,(H,25,31)(H,26,32)(H,27,39)(H,28,40)/t21-,22+. The highest BCUT2D eigenvalue weighted by atomic mass is 16.7. The molecule has 0 radical (unpaired) electrons. The van der Waals surface area contributed by atoms with Gasteiger partial charge >= 0.3 is 11.9 Å². The topological polar surface area (TPSA) is 244 Å². The van der Waals surface area contributed by atoms with Crippen LogP contribution in [-0.2, 0) is 57.6 Å². The normalized spacial score (nSPS) is 15.3. The zero-order chi connectivity index (χ0) is 31.4. The van der Waals surface area contributed by atoms with E-state index in [9.17, 15) is 47.9 Å². The maximum Gasteiger partial charge on any atom is 0.332 e. The van der Waals surface area contributed by atoms with Gasteiger partial charge in [-0.15, -0.1) is 0 Å². The van der Waals surface area contributed by atoms with E-state index in [2.05, 4.69) is 20.3 Å². The molecule has 42 heavy (non-hydrogen) atoms. The highest BCUT2D eigenvalue weighted by Crippen LogP contribution is 2.06. The molecule has 8 amide bonds. The second kappa shape index (κ2) is 15.4. The second-order valence-electron chi connectivity index (χ2n) is 8.66. The summed E-state index contributed by atoms with van der Waals surface area (Å²) in [5, 5.41) is 4.12. The van der Waals surface area contributed by atoms with Gasteiger partial charge in [-0.2, -0.15) is 11.0 Å². The molecule has 2 heterocycles. The molecule has 2 aliphatic rings. The summed E-state index contributed by atoms with van der Waals surface area (Å²) < 4.78 is 0. The van der Waals surface area contributed by atoms with Gasteiger partial charge in [0.25, 0.3) is 35.4 Å². The summed E-state index contributed by atoms with van der Waals surface area (Å²) in [6, 6.07) is -4.27. The SMILES string of the molecule is CCCC(=O)ONC(=O)[C@@H](NC(=O)CN1C(=O)C=CC1=O)[C@@H](NC(=O)CN1C(=O)C=CC1=O)C(=O)NOC(=O)CCC. The zero-order valence-electron chi connectivity index (χ0n) is 22.5. The van der Waals surface area contributed by atoms with Crippen molar-refractivity contribution >= 4 is 59.2 Å². The molecule has 226 valence electrons. The summed E-state index contributed by atoms with van der Waals surface area (Å²) in [5.41, 5.74) is 3.47. The molecule has 18 nitrogen and oxygen atoms in total. The molecular weight excluding hydrogens is 564 g/mol. The van der Waals surface area contributed by atoms with E-state index in [1.807, 2.05) is 0 Å². The lowest BCUT2D eigenvalue weighted by Gasteiger charge is -2.27. The third-order valence-corrected chi connectivity index (χ3v) is 5.37. The van der Waals surface area contributed by atoms with E-state index >= 15 is 0 Å². The first-order valence-electron chi connectivity index (χ1n) is 12.5. The van der Waals surface area contributed by atoms with E-state index in [-0.39, 0.29) is 12.8 Å². The fraction of sp³-hybridized carbons (Fsp3) is 0.417. The highest BCUT2D eigenvalue weighted by Gasteiger charge is 2.39. The van der Waals surface area contributed by atoms with Crippen molar-refractivity contribution < 1.29 is 57.6 Å².